The van der Waals surface area contributed by atoms with E-state index in [1.807, 2.05) is 0 Å². The average Bonchev–Trinajstić information content (AvgIpc) is 2.30. The fourth-order valence-electron chi connectivity index (χ4n) is 1.27. The maximum atomic E-state index is 11.9. The van der Waals surface area contributed by atoms with E-state index in [9.17, 15) is 14.4 Å². The third-order valence-corrected chi connectivity index (χ3v) is 2.49. The predicted molar refractivity (Wildman–Crippen MR) is 92.5 cm³/mol. The van der Waals surface area contributed by atoms with Crippen molar-refractivity contribution in [3.8, 4) is 0 Å². The largest absolute Gasteiger partial charge is 0.481 e. The first-order valence-corrected chi connectivity index (χ1v) is 7.81. The number of hydrogen-bond donors (Lipinski definition) is 3. The van der Waals surface area contributed by atoms with Gasteiger partial charge in [0.05, 0.1) is 5.41 Å². The molecule has 0 radical (unpaired) electrons. The standard InChI is InChI=1S/C16H29N3O6/c1-14(2,3)24-12(22)18-11(17-9-16(7,8)10(20)21)19-13(23)25-15(4,5)6/h9H2,1-8H3,(H,20,21)(H2,17,18,19,22,23). The SMILES string of the molecule is CC(C)(C)OC(=O)/N=C(/NCC(C)(C)C(=O)O)NC(=O)OC(C)(C)C. The van der Waals surface area contributed by atoms with Gasteiger partial charge in [0.2, 0.25) is 5.96 Å². The second kappa shape index (κ2) is 8.17. The van der Waals surface area contributed by atoms with Gasteiger partial charge in [0.15, 0.2) is 0 Å². The molecular weight excluding hydrogens is 330 g/mol. The fraction of sp³-hybridized carbons (Fsp3) is 0.750. The minimum atomic E-state index is -1.15. The van der Waals surface area contributed by atoms with Crippen LogP contribution >= 0.6 is 0 Å². The Balaban J connectivity index is 5.20. The van der Waals surface area contributed by atoms with E-state index in [0.29, 0.717) is 0 Å². The summed E-state index contributed by atoms with van der Waals surface area (Å²) in [7, 11) is 0. The number of aliphatic carboxylic acids is 1. The number of ether oxygens (including phenoxy) is 2. The minimum Gasteiger partial charge on any atom is -0.481 e. The van der Waals surface area contributed by atoms with Crippen LogP contribution in [0.15, 0.2) is 4.99 Å². The average molecular weight is 359 g/mol. The molecule has 2 amide bonds. The third-order valence-electron chi connectivity index (χ3n) is 2.49. The van der Waals surface area contributed by atoms with E-state index < -0.39 is 34.8 Å². The summed E-state index contributed by atoms with van der Waals surface area (Å²) in [5.74, 6) is -1.30. The van der Waals surface area contributed by atoms with E-state index in [1.165, 1.54) is 13.8 Å². The molecule has 0 fully saturated rings. The Kier molecular flexibility index (Phi) is 7.42. The molecule has 3 N–H and O–H groups in total. The number of guanidine groups is 1. The lowest BCUT2D eigenvalue weighted by atomic mass is 9.94. The maximum absolute atomic E-state index is 11.9. The summed E-state index contributed by atoms with van der Waals surface area (Å²) in [4.78, 5) is 38.5. The zero-order valence-electron chi connectivity index (χ0n) is 16.1. The molecule has 0 unspecified atom stereocenters. The van der Waals surface area contributed by atoms with Gasteiger partial charge in [0, 0.05) is 6.54 Å². The van der Waals surface area contributed by atoms with Crippen LogP contribution in [-0.2, 0) is 14.3 Å². The Morgan fingerprint density at radius 2 is 1.40 bits per heavy atom. The molecule has 25 heavy (non-hydrogen) atoms. The van der Waals surface area contributed by atoms with Crippen LogP contribution in [-0.4, -0.2) is 47.0 Å². The van der Waals surface area contributed by atoms with E-state index in [2.05, 4.69) is 15.6 Å². The highest BCUT2D eigenvalue weighted by molar-refractivity contribution is 5.99. The molecule has 0 spiro atoms. The second-order valence-corrected chi connectivity index (χ2v) is 8.11. The first kappa shape index (κ1) is 22.7. The van der Waals surface area contributed by atoms with Crippen molar-refractivity contribution >= 4 is 24.1 Å². The molecule has 0 aliphatic heterocycles. The van der Waals surface area contributed by atoms with Crippen molar-refractivity contribution in [2.45, 2.75) is 66.6 Å². The summed E-state index contributed by atoms with van der Waals surface area (Å²) in [5, 5.41) is 14.1. The predicted octanol–water partition coefficient (Wildman–Crippen LogP) is 2.50. The zero-order valence-corrected chi connectivity index (χ0v) is 16.1. The molecular formula is C16H29N3O6. The van der Waals surface area contributed by atoms with Crippen LogP contribution in [0.25, 0.3) is 0 Å². The highest BCUT2D eigenvalue weighted by atomic mass is 16.6. The van der Waals surface area contributed by atoms with Gasteiger partial charge in [-0.05, 0) is 55.4 Å². The van der Waals surface area contributed by atoms with Crippen molar-refractivity contribution in [3.63, 3.8) is 0 Å². The smallest absolute Gasteiger partial charge is 0.437 e. The number of carboxylic acid groups (broad SMARTS) is 1. The molecule has 9 heteroatoms. The molecule has 0 aliphatic carbocycles. The summed E-state index contributed by atoms with van der Waals surface area (Å²) in [5.41, 5.74) is -2.66. The topological polar surface area (TPSA) is 126 Å². The molecule has 0 saturated carbocycles. The monoisotopic (exact) mass is 359 g/mol. The van der Waals surface area contributed by atoms with Crippen LogP contribution in [0.1, 0.15) is 55.4 Å². The van der Waals surface area contributed by atoms with Gasteiger partial charge >= 0.3 is 18.2 Å². The Hall–Kier alpha value is -2.32. The van der Waals surface area contributed by atoms with Crippen LogP contribution in [0.4, 0.5) is 9.59 Å². The van der Waals surface area contributed by atoms with Crippen molar-refractivity contribution in [3.05, 3.63) is 0 Å². The number of carbonyl (C=O) groups excluding carboxylic acids is 2. The van der Waals surface area contributed by atoms with Gasteiger partial charge < -0.3 is 19.9 Å². The molecule has 0 atom stereocenters. The van der Waals surface area contributed by atoms with Gasteiger partial charge in [0.25, 0.3) is 0 Å². The normalized spacial score (nSPS) is 13.0. The first-order valence-electron chi connectivity index (χ1n) is 7.81. The van der Waals surface area contributed by atoms with Crippen molar-refractivity contribution in [2.75, 3.05) is 6.54 Å². The molecule has 9 nitrogen and oxygen atoms in total. The van der Waals surface area contributed by atoms with Gasteiger partial charge in [-0.25, -0.2) is 9.59 Å². The third kappa shape index (κ3) is 11.0. The first-order chi connectivity index (χ1) is 11.0. The number of nitrogens with one attached hydrogen (secondary N) is 2. The molecule has 144 valence electrons. The van der Waals surface area contributed by atoms with E-state index >= 15 is 0 Å². The number of carbonyl (C=O) groups is 3. The van der Waals surface area contributed by atoms with Gasteiger partial charge in [-0.2, -0.15) is 0 Å². The molecule has 0 heterocycles. The molecule has 0 bridgehead atoms. The van der Waals surface area contributed by atoms with Crippen molar-refractivity contribution < 1.29 is 29.0 Å². The number of rotatable bonds is 3. The second-order valence-electron chi connectivity index (χ2n) is 8.11. The Morgan fingerprint density at radius 1 is 0.920 bits per heavy atom. The highest BCUT2D eigenvalue weighted by Gasteiger charge is 2.28. The minimum absolute atomic E-state index is 0.0836. The van der Waals surface area contributed by atoms with Crippen LogP contribution in [0, 0.1) is 5.41 Å². The highest BCUT2D eigenvalue weighted by Crippen LogP contribution is 2.13. The number of aliphatic imine (C=N–C) groups is 1. The number of hydrogen-bond acceptors (Lipinski definition) is 5. The van der Waals surface area contributed by atoms with Crippen molar-refractivity contribution in [1.29, 1.82) is 0 Å². The van der Waals surface area contributed by atoms with Crippen LogP contribution in [0.3, 0.4) is 0 Å². The summed E-state index contributed by atoms with van der Waals surface area (Å²) in [6.45, 7) is 12.9. The molecule has 0 aliphatic rings. The summed E-state index contributed by atoms with van der Waals surface area (Å²) >= 11 is 0. The molecule has 0 aromatic rings. The zero-order chi connectivity index (χ0) is 20.1. The van der Waals surface area contributed by atoms with Crippen molar-refractivity contribution in [1.82, 2.24) is 10.6 Å². The quantitative estimate of drug-likeness (QED) is 0.522. The van der Waals surface area contributed by atoms with Gasteiger partial charge in [0.1, 0.15) is 11.2 Å². The lowest BCUT2D eigenvalue weighted by molar-refractivity contribution is -0.146. The van der Waals surface area contributed by atoms with E-state index in [-0.39, 0.29) is 12.5 Å². The van der Waals surface area contributed by atoms with Gasteiger partial charge in [-0.3, -0.25) is 10.1 Å². The number of carboxylic acids is 1. The molecule has 0 saturated heterocycles. The summed E-state index contributed by atoms with van der Waals surface area (Å²) in [6, 6.07) is 0. The van der Waals surface area contributed by atoms with E-state index in [0.717, 1.165) is 0 Å². The number of alkyl carbamates (subject to hydrolysis) is 1. The van der Waals surface area contributed by atoms with E-state index in [4.69, 9.17) is 14.6 Å². The number of nitrogens with zero attached hydrogens (tertiary/aromatic N) is 1. The summed E-state index contributed by atoms with van der Waals surface area (Å²) in [6.07, 6.45) is -1.77. The van der Waals surface area contributed by atoms with Crippen LogP contribution in [0.5, 0.6) is 0 Å². The fourth-order valence-corrected chi connectivity index (χ4v) is 1.27. The lowest BCUT2D eigenvalue weighted by Crippen LogP contribution is -2.48. The molecule has 0 aromatic carbocycles. The number of amides is 2. The van der Waals surface area contributed by atoms with Gasteiger partial charge in [-0.1, -0.05) is 0 Å². The Morgan fingerprint density at radius 3 is 1.80 bits per heavy atom. The molecule has 0 rings (SSSR count). The van der Waals surface area contributed by atoms with Crippen LogP contribution in [0.2, 0.25) is 0 Å². The lowest BCUT2D eigenvalue weighted by Gasteiger charge is -2.23. The molecule has 0 aromatic heterocycles. The Bertz CT molecular complexity index is 541. The van der Waals surface area contributed by atoms with Gasteiger partial charge in [-0.15, -0.1) is 4.99 Å². The maximum Gasteiger partial charge on any atom is 0.437 e. The Labute approximate surface area is 148 Å². The van der Waals surface area contributed by atoms with Crippen LogP contribution < -0.4 is 10.6 Å². The van der Waals surface area contributed by atoms with Crippen molar-refractivity contribution in [2.24, 2.45) is 10.4 Å². The summed E-state index contributed by atoms with van der Waals surface area (Å²) < 4.78 is 10.1. The van der Waals surface area contributed by atoms with E-state index in [1.54, 1.807) is 41.5 Å².